The first-order valence-corrected chi connectivity index (χ1v) is 5.40. The maximum absolute atomic E-state index is 4.46. The molecule has 1 nitrogen and oxygen atoms in total. The standard InChI is InChI=1S/C12H13NS/c1-9-2-4-11-8-10(6-7-14)3-5-12(11)13-9/h2-5,8,14H,6-7H2,1H3. The smallest absolute Gasteiger partial charge is 0.0705 e. The number of aryl methyl sites for hydroxylation is 2. The van der Waals surface area contributed by atoms with Crippen LogP contribution in [-0.4, -0.2) is 10.7 Å². The van der Waals surface area contributed by atoms with Gasteiger partial charge >= 0.3 is 0 Å². The molecule has 0 N–H and O–H groups in total. The van der Waals surface area contributed by atoms with Crippen molar-refractivity contribution < 1.29 is 0 Å². The molecule has 1 heterocycles. The largest absolute Gasteiger partial charge is 0.253 e. The van der Waals surface area contributed by atoms with Gasteiger partial charge in [0.1, 0.15) is 0 Å². The maximum atomic E-state index is 4.46. The molecule has 0 aliphatic rings. The van der Waals surface area contributed by atoms with E-state index in [0.717, 1.165) is 23.4 Å². The molecule has 0 radical (unpaired) electrons. The lowest BCUT2D eigenvalue weighted by Gasteiger charge is -2.02. The van der Waals surface area contributed by atoms with Gasteiger partial charge in [-0.25, -0.2) is 0 Å². The molecule has 0 fully saturated rings. The van der Waals surface area contributed by atoms with Crippen LogP contribution in [0.15, 0.2) is 30.3 Å². The molecule has 0 aliphatic carbocycles. The summed E-state index contributed by atoms with van der Waals surface area (Å²) in [6.45, 7) is 2.01. The van der Waals surface area contributed by atoms with E-state index >= 15 is 0 Å². The first-order valence-electron chi connectivity index (χ1n) is 4.77. The van der Waals surface area contributed by atoms with Crippen molar-refractivity contribution in [2.75, 3.05) is 5.75 Å². The highest BCUT2D eigenvalue weighted by atomic mass is 32.1. The Balaban J connectivity index is 2.50. The monoisotopic (exact) mass is 203 g/mol. The molecule has 14 heavy (non-hydrogen) atoms. The van der Waals surface area contributed by atoms with Gasteiger partial charge in [0, 0.05) is 11.1 Å². The number of aromatic nitrogens is 1. The van der Waals surface area contributed by atoms with Gasteiger partial charge in [-0.3, -0.25) is 4.98 Å². The Kier molecular flexibility index (Phi) is 2.73. The first kappa shape index (κ1) is 9.53. The zero-order valence-electron chi connectivity index (χ0n) is 8.20. The van der Waals surface area contributed by atoms with E-state index in [0.29, 0.717) is 0 Å². The molecule has 0 spiro atoms. The lowest BCUT2D eigenvalue weighted by molar-refractivity contribution is 1.16. The molecule has 0 saturated heterocycles. The molecule has 0 unspecified atom stereocenters. The summed E-state index contributed by atoms with van der Waals surface area (Å²) in [6, 6.07) is 10.6. The van der Waals surface area contributed by atoms with Crippen LogP contribution in [0.25, 0.3) is 10.9 Å². The minimum atomic E-state index is 0.894. The van der Waals surface area contributed by atoms with E-state index in [4.69, 9.17) is 0 Å². The predicted molar refractivity (Wildman–Crippen MR) is 64.0 cm³/mol. The van der Waals surface area contributed by atoms with Crippen LogP contribution in [0.1, 0.15) is 11.3 Å². The third-order valence-electron chi connectivity index (χ3n) is 2.29. The second kappa shape index (κ2) is 4.01. The summed E-state index contributed by atoms with van der Waals surface area (Å²) in [5.41, 5.74) is 3.48. The summed E-state index contributed by atoms with van der Waals surface area (Å²) in [6.07, 6.45) is 1.02. The Morgan fingerprint density at radius 2 is 2.07 bits per heavy atom. The van der Waals surface area contributed by atoms with Gasteiger partial charge in [0.25, 0.3) is 0 Å². The molecule has 0 atom stereocenters. The third-order valence-corrected chi connectivity index (χ3v) is 2.52. The number of thiol groups is 1. The van der Waals surface area contributed by atoms with Crippen LogP contribution in [0.5, 0.6) is 0 Å². The van der Waals surface area contributed by atoms with Crippen molar-refractivity contribution in [2.24, 2.45) is 0 Å². The molecular weight excluding hydrogens is 190 g/mol. The Morgan fingerprint density at radius 3 is 2.86 bits per heavy atom. The van der Waals surface area contributed by atoms with Gasteiger partial charge in [-0.1, -0.05) is 12.1 Å². The molecule has 0 aliphatic heterocycles. The predicted octanol–water partition coefficient (Wildman–Crippen LogP) is 3.02. The van der Waals surface area contributed by atoms with E-state index in [9.17, 15) is 0 Å². The van der Waals surface area contributed by atoms with E-state index in [2.05, 4.69) is 41.9 Å². The van der Waals surface area contributed by atoms with E-state index in [1.807, 2.05) is 13.0 Å². The Bertz CT molecular complexity index is 451. The molecule has 0 saturated carbocycles. The van der Waals surface area contributed by atoms with Crippen molar-refractivity contribution in [3.8, 4) is 0 Å². The van der Waals surface area contributed by atoms with Crippen molar-refractivity contribution in [3.63, 3.8) is 0 Å². The zero-order valence-corrected chi connectivity index (χ0v) is 9.09. The molecule has 2 aromatic rings. The highest BCUT2D eigenvalue weighted by Gasteiger charge is 1.97. The molecule has 2 rings (SSSR count). The Labute approximate surface area is 89.6 Å². The van der Waals surface area contributed by atoms with Gasteiger partial charge in [-0.2, -0.15) is 12.6 Å². The fourth-order valence-electron chi connectivity index (χ4n) is 1.56. The van der Waals surface area contributed by atoms with Gasteiger partial charge in [0.05, 0.1) is 5.52 Å². The topological polar surface area (TPSA) is 12.9 Å². The second-order valence-electron chi connectivity index (χ2n) is 3.45. The molecule has 1 aromatic heterocycles. The summed E-state index contributed by atoms with van der Waals surface area (Å²) in [7, 11) is 0. The number of nitrogens with zero attached hydrogens (tertiary/aromatic N) is 1. The summed E-state index contributed by atoms with van der Waals surface area (Å²) in [5.74, 6) is 0.894. The first-order chi connectivity index (χ1) is 6.79. The minimum absolute atomic E-state index is 0.894. The van der Waals surface area contributed by atoms with Crippen LogP contribution >= 0.6 is 12.6 Å². The van der Waals surface area contributed by atoms with E-state index in [-0.39, 0.29) is 0 Å². The quantitative estimate of drug-likeness (QED) is 0.740. The minimum Gasteiger partial charge on any atom is -0.253 e. The molecular formula is C12H13NS. The van der Waals surface area contributed by atoms with Gasteiger partial charge in [-0.05, 0) is 42.9 Å². The van der Waals surface area contributed by atoms with Crippen LogP contribution in [0.4, 0.5) is 0 Å². The molecule has 0 amide bonds. The fourth-order valence-corrected chi connectivity index (χ4v) is 1.82. The lowest BCUT2D eigenvalue weighted by Crippen LogP contribution is -1.88. The highest BCUT2D eigenvalue weighted by Crippen LogP contribution is 2.15. The summed E-state index contributed by atoms with van der Waals surface area (Å²) in [4.78, 5) is 4.46. The maximum Gasteiger partial charge on any atom is 0.0705 e. The SMILES string of the molecule is Cc1ccc2cc(CCS)ccc2n1. The van der Waals surface area contributed by atoms with Gasteiger partial charge in [-0.15, -0.1) is 0 Å². The Hall–Kier alpha value is -1.02. The number of pyridine rings is 1. The van der Waals surface area contributed by atoms with Crippen LogP contribution in [0.3, 0.4) is 0 Å². The average molecular weight is 203 g/mol. The summed E-state index contributed by atoms with van der Waals surface area (Å²) in [5, 5.41) is 1.22. The molecule has 2 heteroatoms. The number of benzene rings is 1. The molecule has 1 aromatic carbocycles. The highest BCUT2D eigenvalue weighted by molar-refractivity contribution is 7.80. The fraction of sp³-hybridized carbons (Fsp3) is 0.250. The Morgan fingerprint density at radius 1 is 1.21 bits per heavy atom. The van der Waals surface area contributed by atoms with Crippen molar-refractivity contribution >= 4 is 23.5 Å². The molecule has 0 bridgehead atoms. The van der Waals surface area contributed by atoms with Crippen molar-refractivity contribution in [1.82, 2.24) is 4.98 Å². The lowest BCUT2D eigenvalue weighted by atomic mass is 10.1. The van der Waals surface area contributed by atoms with Crippen LogP contribution < -0.4 is 0 Å². The van der Waals surface area contributed by atoms with Gasteiger partial charge in [0.2, 0.25) is 0 Å². The second-order valence-corrected chi connectivity index (χ2v) is 3.90. The van der Waals surface area contributed by atoms with Gasteiger partial charge < -0.3 is 0 Å². The van der Waals surface area contributed by atoms with E-state index < -0.39 is 0 Å². The van der Waals surface area contributed by atoms with E-state index in [1.165, 1.54) is 10.9 Å². The van der Waals surface area contributed by atoms with Crippen molar-refractivity contribution in [2.45, 2.75) is 13.3 Å². The normalized spacial score (nSPS) is 10.7. The zero-order chi connectivity index (χ0) is 9.97. The van der Waals surface area contributed by atoms with Crippen molar-refractivity contribution in [3.05, 3.63) is 41.6 Å². The third kappa shape index (κ3) is 1.90. The summed E-state index contributed by atoms with van der Waals surface area (Å²) < 4.78 is 0. The number of rotatable bonds is 2. The number of hydrogen-bond acceptors (Lipinski definition) is 2. The van der Waals surface area contributed by atoms with Gasteiger partial charge in [0.15, 0.2) is 0 Å². The number of fused-ring (bicyclic) bond motifs is 1. The summed E-state index contributed by atoms with van der Waals surface area (Å²) >= 11 is 4.23. The van der Waals surface area contributed by atoms with Crippen molar-refractivity contribution in [1.29, 1.82) is 0 Å². The van der Waals surface area contributed by atoms with Crippen LogP contribution in [0.2, 0.25) is 0 Å². The van der Waals surface area contributed by atoms with E-state index in [1.54, 1.807) is 0 Å². The average Bonchev–Trinajstić information content (AvgIpc) is 2.19. The number of hydrogen-bond donors (Lipinski definition) is 1. The van der Waals surface area contributed by atoms with Crippen LogP contribution in [-0.2, 0) is 6.42 Å². The van der Waals surface area contributed by atoms with Crippen LogP contribution in [0, 0.1) is 6.92 Å². The molecule has 72 valence electrons.